The van der Waals surface area contributed by atoms with E-state index < -0.39 is 0 Å². The molecule has 0 spiro atoms. The van der Waals surface area contributed by atoms with E-state index in [2.05, 4.69) is 27.7 Å². The maximum absolute atomic E-state index is 8.77. The van der Waals surface area contributed by atoms with E-state index in [0.717, 1.165) is 24.2 Å². The van der Waals surface area contributed by atoms with Crippen molar-refractivity contribution in [3.63, 3.8) is 0 Å². The fourth-order valence-electron chi connectivity index (χ4n) is 2.42. The Bertz CT molecular complexity index is 154. The molecular formula is C16H34O. The van der Waals surface area contributed by atoms with Gasteiger partial charge in [-0.05, 0) is 30.6 Å². The minimum Gasteiger partial charge on any atom is -0.396 e. The van der Waals surface area contributed by atoms with Crippen LogP contribution in [0.3, 0.4) is 0 Å². The number of rotatable bonds is 11. The van der Waals surface area contributed by atoms with Crippen LogP contribution in [0.2, 0.25) is 0 Å². The van der Waals surface area contributed by atoms with Crippen molar-refractivity contribution in [3.05, 3.63) is 0 Å². The lowest BCUT2D eigenvalue weighted by molar-refractivity contribution is 0.269. The predicted molar refractivity (Wildman–Crippen MR) is 77.2 cm³/mol. The van der Waals surface area contributed by atoms with Crippen molar-refractivity contribution >= 4 is 0 Å². The average molecular weight is 242 g/mol. The van der Waals surface area contributed by atoms with Crippen LogP contribution in [0, 0.1) is 17.8 Å². The SMILES string of the molecule is CC(C)CCCC(C)CCCC(C)CCCO. The molecule has 0 amide bonds. The third-order valence-corrected chi connectivity index (χ3v) is 3.73. The van der Waals surface area contributed by atoms with Crippen molar-refractivity contribution in [1.29, 1.82) is 0 Å². The first-order valence-electron chi connectivity index (χ1n) is 7.67. The highest BCUT2D eigenvalue weighted by Crippen LogP contribution is 2.20. The zero-order valence-corrected chi connectivity index (χ0v) is 12.5. The van der Waals surface area contributed by atoms with Gasteiger partial charge in [-0.2, -0.15) is 0 Å². The summed E-state index contributed by atoms with van der Waals surface area (Å²) in [7, 11) is 0. The van der Waals surface area contributed by atoms with Gasteiger partial charge < -0.3 is 5.11 Å². The monoisotopic (exact) mass is 242 g/mol. The second-order valence-corrected chi connectivity index (χ2v) is 6.33. The van der Waals surface area contributed by atoms with Crippen LogP contribution in [0.1, 0.15) is 79.1 Å². The Morgan fingerprint density at radius 3 is 1.47 bits per heavy atom. The molecular weight excluding hydrogens is 208 g/mol. The lowest BCUT2D eigenvalue weighted by atomic mass is 9.92. The van der Waals surface area contributed by atoms with Crippen LogP contribution in [0.25, 0.3) is 0 Å². The van der Waals surface area contributed by atoms with Crippen molar-refractivity contribution in [2.24, 2.45) is 17.8 Å². The Morgan fingerprint density at radius 1 is 0.647 bits per heavy atom. The molecule has 1 heteroatoms. The zero-order valence-electron chi connectivity index (χ0n) is 12.5. The van der Waals surface area contributed by atoms with Crippen LogP contribution < -0.4 is 0 Å². The van der Waals surface area contributed by atoms with E-state index in [0.29, 0.717) is 6.61 Å². The summed E-state index contributed by atoms with van der Waals surface area (Å²) in [6, 6.07) is 0. The molecule has 0 aromatic carbocycles. The first-order valence-corrected chi connectivity index (χ1v) is 7.67. The molecule has 0 saturated heterocycles. The molecule has 0 aliphatic rings. The largest absolute Gasteiger partial charge is 0.396 e. The van der Waals surface area contributed by atoms with Crippen molar-refractivity contribution < 1.29 is 5.11 Å². The number of hydrogen-bond acceptors (Lipinski definition) is 1. The zero-order chi connectivity index (χ0) is 13.1. The molecule has 0 aromatic rings. The quantitative estimate of drug-likeness (QED) is 0.539. The summed E-state index contributed by atoms with van der Waals surface area (Å²) < 4.78 is 0. The van der Waals surface area contributed by atoms with E-state index in [1.807, 2.05) is 0 Å². The third kappa shape index (κ3) is 12.2. The highest BCUT2D eigenvalue weighted by atomic mass is 16.2. The van der Waals surface area contributed by atoms with Gasteiger partial charge in [-0.15, -0.1) is 0 Å². The maximum atomic E-state index is 8.77. The molecule has 0 fully saturated rings. The number of aliphatic hydroxyl groups excluding tert-OH is 1. The molecule has 17 heavy (non-hydrogen) atoms. The summed E-state index contributed by atoms with van der Waals surface area (Å²) in [6.45, 7) is 9.70. The second kappa shape index (κ2) is 11.1. The Labute approximate surface area is 109 Å². The minimum atomic E-state index is 0.357. The van der Waals surface area contributed by atoms with Gasteiger partial charge in [-0.25, -0.2) is 0 Å². The van der Waals surface area contributed by atoms with Crippen LogP contribution in [-0.2, 0) is 0 Å². The second-order valence-electron chi connectivity index (χ2n) is 6.33. The molecule has 0 heterocycles. The van der Waals surface area contributed by atoms with Crippen LogP contribution in [0.5, 0.6) is 0 Å². The van der Waals surface area contributed by atoms with E-state index in [1.165, 1.54) is 44.9 Å². The molecule has 2 unspecified atom stereocenters. The highest BCUT2D eigenvalue weighted by molar-refractivity contribution is 4.59. The normalized spacial score (nSPS) is 15.2. The number of aliphatic hydroxyl groups is 1. The molecule has 0 aliphatic carbocycles. The Morgan fingerprint density at radius 2 is 1.06 bits per heavy atom. The smallest absolute Gasteiger partial charge is 0.0431 e. The molecule has 0 rings (SSSR count). The first kappa shape index (κ1) is 17.0. The Hall–Kier alpha value is -0.0400. The molecule has 0 bridgehead atoms. The Balaban J connectivity index is 3.34. The fourth-order valence-corrected chi connectivity index (χ4v) is 2.42. The van der Waals surface area contributed by atoms with Gasteiger partial charge in [0.1, 0.15) is 0 Å². The van der Waals surface area contributed by atoms with Crippen molar-refractivity contribution in [2.75, 3.05) is 6.61 Å². The van der Waals surface area contributed by atoms with Crippen LogP contribution in [0.4, 0.5) is 0 Å². The first-order chi connectivity index (χ1) is 8.06. The lowest BCUT2D eigenvalue weighted by Gasteiger charge is -2.14. The third-order valence-electron chi connectivity index (χ3n) is 3.73. The molecule has 2 atom stereocenters. The standard InChI is InChI=1S/C16H34O/c1-14(2)8-5-9-15(3)10-6-11-16(4)12-7-13-17/h14-17H,5-13H2,1-4H3. The average Bonchev–Trinajstić information content (AvgIpc) is 2.25. The molecule has 0 saturated carbocycles. The van der Waals surface area contributed by atoms with Crippen molar-refractivity contribution in [2.45, 2.75) is 79.1 Å². The Kier molecular flexibility index (Phi) is 11.0. The van der Waals surface area contributed by atoms with Gasteiger partial charge in [-0.1, -0.05) is 66.2 Å². The molecule has 0 aliphatic heterocycles. The molecule has 1 N–H and O–H groups in total. The summed E-state index contributed by atoms with van der Waals surface area (Å²) in [4.78, 5) is 0. The van der Waals surface area contributed by atoms with E-state index in [9.17, 15) is 0 Å². The lowest BCUT2D eigenvalue weighted by Crippen LogP contribution is -2.00. The summed E-state index contributed by atoms with van der Waals surface area (Å²) in [5, 5.41) is 8.77. The van der Waals surface area contributed by atoms with Crippen molar-refractivity contribution in [3.8, 4) is 0 Å². The van der Waals surface area contributed by atoms with Gasteiger partial charge in [-0.3, -0.25) is 0 Å². The molecule has 0 radical (unpaired) electrons. The van der Waals surface area contributed by atoms with E-state index in [4.69, 9.17) is 5.11 Å². The topological polar surface area (TPSA) is 20.2 Å². The van der Waals surface area contributed by atoms with E-state index >= 15 is 0 Å². The summed E-state index contributed by atoms with van der Waals surface area (Å²) >= 11 is 0. The van der Waals surface area contributed by atoms with Gasteiger partial charge >= 0.3 is 0 Å². The van der Waals surface area contributed by atoms with E-state index in [1.54, 1.807) is 0 Å². The van der Waals surface area contributed by atoms with Crippen LogP contribution in [-0.4, -0.2) is 11.7 Å². The summed E-state index contributed by atoms with van der Waals surface area (Å²) in [5.74, 6) is 2.56. The van der Waals surface area contributed by atoms with Crippen LogP contribution in [0.15, 0.2) is 0 Å². The summed E-state index contributed by atoms with van der Waals surface area (Å²) in [5.41, 5.74) is 0. The van der Waals surface area contributed by atoms with Gasteiger partial charge in [0.15, 0.2) is 0 Å². The van der Waals surface area contributed by atoms with Gasteiger partial charge in [0.25, 0.3) is 0 Å². The van der Waals surface area contributed by atoms with Crippen LogP contribution >= 0.6 is 0 Å². The van der Waals surface area contributed by atoms with Gasteiger partial charge in [0.2, 0.25) is 0 Å². The predicted octanol–water partition coefficient (Wildman–Crippen LogP) is 5.03. The molecule has 104 valence electrons. The maximum Gasteiger partial charge on any atom is 0.0431 e. The van der Waals surface area contributed by atoms with Crippen molar-refractivity contribution in [1.82, 2.24) is 0 Å². The molecule has 1 nitrogen and oxygen atoms in total. The molecule has 0 aromatic heterocycles. The fraction of sp³-hybridized carbons (Fsp3) is 1.00. The highest BCUT2D eigenvalue weighted by Gasteiger charge is 2.06. The van der Waals surface area contributed by atoms with E-state index in [-0.39, 0.29) is 0 Å². The summed E-state index contributed by atoms with van der Waals surface area (Å²) in [6.07, 6.45) is 10.5. The van der Waals surface area contributed by atoms with Gasteiger partial charge in [0.05, 0.1) is 0 Å². The minimum absolute atomic E-state index is 0.357. The number of hydrogen-bond donors (Lipinski definition) is 1. The van der Waals surface area contributed by atoms with Gasteiger partial charge in [0, 0.05) is 6.61 Å².